The van der Waals surface area contributed by atoms with Crippen molar-refractivity contribution in [3.8, 4) is 0 Å². The second kappa shape index (κ2) is 5.07. The minimum Gasteiger partial charge on any atom is -0.337 e. The van der Waals surface area contributed by atoms with Crippen LogP contribution in [0, 0.1) is 6.92 Å². The van der Waals surface area contributed by atoms with Crippen LogP contribution in [0.2, 0.25) is 0 Å². The summed E-state index contributed by atoms with van der Waals surface area (Å²) in [5.74, 6) is -0.0892. The normalized spacial score (nSPS) is 9.80. The fourth-order valence-electron chi connectivity index (χ4n) is 1.18. The standard InChI is InChI=1S/C11H13BrN2O/c1-4-7-14(3)11(15)10-8(2)5-6-9(12)13-10/h4-6H,1,7H2,2-3H3. The SMILES string of the molecule is C=CCN(C)C(=O)c1nc(Br)ccc1C. The number of carbonyl (C=O) groups is 1. The van der Waals surface area contributed by atoms with Crippen molar-refractivity contribution in [1.29, 1.82) is 0 Å². The number of aryl methyl sites for hydroxylation is 1. The maximum Gasteiger partial charge on any atom is 0.272 e. The van der Waals surface area contributed by atoms with Crippen LogP contribution in [0.3, 0.4) is 0 Å². The summed E-state index contributed by atoms with van der Waals surface area (Å²) in [7, 11) is 1.73. The molecule has 80 valence electrons. The van der Waals surface area contributed by atoms with E-state index in [4.69, 9.17) is 0 Å². The van der Waals surface area contributed by atoms with Gasteiger partial charge in [-0.2, -0.15) is 0 Å². The van der Waals surface area contributed by atoms with E-state index in [0.29, 0.717) is 16.8 Å². The summed E-state index contributed by atoms with van der Waals surface area (Å²) in [6.07, 6.45) is 1.69. The van der Waals surface area contributed by atoms with Gasteiger partial charge < -0.3 is 4.90 Å². The van der Waals surface area contributed by atoms with E-state index < -0.39 is 0 Å². The van der Waals surface area contributed by atoms with Gasteiger partial charge in [-0.1, -0.05) is 12.1 Å². The molecule has 0 unspecified atom stereocenters. The summed E-state index contributed by atoms with van der Waals surface area (Å²) in [4.78, 5) is 17.6. The third-order valence-electron chi connectivity index (χ3n) is 2.02. The Morgan fingerprint density at radius 2 is 2.33 bits per heavy atom. The van der Waals surface area contributed by atoms with E-state index in [1.807, 2.05) is 19.1 Å². The molecule has 3 nitrogen and oxygen atoms in total. The number of hydrogen-bond acceptors (Lipinski definition) is 2. The first-order valence-corrected chi connectivity index (χ1v) is 5.35. The molecule has 0 atom stereocenters. The molecule has 0 saturated carbocycles. The molecule has 4 heteroatoms. The lowest BCUT2D eigenvalue weighted by Crippen LogP contribution is -2.28. The van der Waals surface area contributed by atoms with Crippen LogP contribution in [0.1, 0.15) is 16.1 Å². The van der Waals surface area contributed by atoms with Gasteiger partial charge in [0.2, 0.25) is 0 Å². The molecule has 0 aliphatic rings. The van der Waals surface area contributed by atoms with Crippen LogP contribution in [-0.4, -0.2) is 29.4 Å². The van der Waals surface area contributed by atoms with Gasteiger partial charge in [-0.3, -0.25) is 4.79 Å². The molecule has 1 rings (SSSR count). The molecule has 0 N–H and O–H groups in total. The van der Waals surface area contributed by atoms with E-state index in [1.54, 1.807) is 18.0 Å². The number of likely N-dealkylation sites (N-methyl/N-ethyl adjacent to an activating group) is 1. The highest BCUT2D eigenvalue weighted by Crippen LogP contribution is 2.12. The molecule has 1 aromatic rings. The van der Waals surface area contributed by atoms with Crippen LogP contribution in [-0.2, 0) is 0 Å². The lowest BCUT2D eigenvalue weighted by molar-refractivity contribution is 0.0803. The minimum atomic E-state index is -0.0892. The van der Waals surface area contributed by atoms with Gasteiger partial charge >= 0.3 is 0 Å². The lowest BCUT2D eigenvalue weighted by atomic mass is 10.2. The third kappa shape index (κ3) is 2.89. The Bertz CT molecular complexity index is 390. The molecule has 0 aliphatic heterocycles. The smallest absolute Gasteiger partial charge is 0.272 e. The van der Waals surface area contributed by atoms with E-state index in [-0.39, 0.29) is 5.91 Å². The highest BCUT2D eigenvalue weighted by molar-refractivity contribution is 9.10. The van der Waals surface area contributed by atoms with Crippen LogP contribution in [0.5, 0.6) is 0 Å². The van der Waals surface area contributed by atoms with Crippen molar-refractivity contribution in [2.24, 2.45) is 0 Å². The van der Waals surface area contributed by atoms with Gasteiger partial charge in [-0.25, -0.2) is 4.98 Å². The fourth-order valence-corrected chi connectivity index (χ4v) is 1.49. The zero-order valence-electron chi connectivity index (χ0n) is 8.83. The number of pyridine rings is 1. The first-order chi connectivity index (χ1) is 7.06. The molecular weight excluding hydrogens is 256 g/mol. The molecule has 1 aromatic heterocycles. The Kier molecular flexibility index (Phi) is 4.03. The van der Waals surface area contributed by atoms with E-state index in [9.17, 15) is 4.79 Å². The summed E-state index contributed by atoms with van der Waals surface area (Å²) in [6.45, 7) is 5.98. The van der Waals surface area contributed by atoms with Crippen molar-refractivity contribution in [3.63, 3.8) is 0 Å². The van der Waals surface area contributed by atoms with Crippen LogP contribution in [0.4, 0.5) is 0 Å². The van der Waals surface area contributed by atoms with Crippen molar-refractivity contribution in [2.75, 3.05) is 13.6 Å². The van der Waals surface area contributed by atoms with Crippen molar-refractivity contribution in [1.82, 2.24) is 9.88 Å². The maximum absolute atomic E-state index is 11.9. The molecular formula is C11H13BrN2O. The summed E-state index contributed by atoms with van der Waals surface area (Å²) in [5, 5.41) is 0. The quantitative estimate of drug-likeness (QED) is 0.623. The average Bonchev–Trinajstić information content (AvgIpc) is 2.21. The molecule has 1 amide bonds. The highest BCUT2D eigenvalue weighted by Gasteiger charge is 2.14. The van der Waals surface area contributed by atoms with Gasteiger partial charge in [0.15, 0.2) is 0 Å². The van der Waals surface area contributed by atoms with E-state index in [0.717, 1.165) is 5.56 Å². The average molecular weight is 269 g/mol. The highest BCUT2D eigenvalue weighted by atomic mass is 79.9. The summed E-state index contributed by atoms with van der Waals surface area (Å²) >= 11 is 3.25. The van der Waals surface area contributed by atoms with E-state index in [1.165, 1.54) is 0 Å². The number of hydrogen-bond donors (Lipinski definition) is 0. The predicted octanol–water partition coefficient (Wildman–Crippen LogP) is 2.41. The predicted molar refractivity (Wildman–Crippen MR) is 63.8 cm³/mol. The van der Waals surface area contributed by atoms with Gasteiger partial charge in [-0.05, 0) is 34.5 Å². The second-order valence-corrected chi connectivity index (χ2v) is 4.09. The zero-order chi connectivity index (χ0) is 11.4. The summed E-state index contributed by atoms with van der Waals surface area (Å²) in [6, 6.07) is 3.69. The Morgan fingerprint density at radius 1 is 1.67 bits per heavy atom. The van der Waals surface area contributed by atoms with E-state index in [2.05, 4.69) is 27.5 Å². The zero-order valence-corrected chi connectivity index (χ0v) is 10.4. The van der Waals surface area contributed by atoms with Crippen molar-refractivity contribution in [3.05, 3.63) is 40.6 Å². The number of nitrogens with zero attached hydrogens (tertiary/aromatic N) is 2. The molecule has 0 aliphatic carbocycles. The third-order valence-corrected chi connectivity index (χ3v) is 2.46. The van der Waals surface area contributed by atoms with Gasteiger partial charge in [0.1, 0.15) is 10.3 Å². The number of aromatic nitrogens is 1. The van der Waals surface area contributed by atoms with Gasteiger partial charge in [-0.15, -0.1) is 6.58 Å². The first kappa shape index (κ1) is 11.9. The van der Waals surface area contributed by atoms with Crippen LogP contribution >= 0.6 is 15.9 Å². The van der Waals surface area contributed by atoms with Crippen LogP contribution in [0.15, 0.2) is 29.4 Å². The number of amides is 1. The molecule has 15 heavy (non-hydrogen) atoms. The molecule has 0 fully saturated rings. The fraction of sp³-hybridized carbons (Fsp3) is 0.273. The lowest BCUT2D eigenvalue weighted by Gasteiger charge is -2.15. The minimum absolute atomic E-state index is 0.0892. The molecule has 0 spiro atoms. The van der Waals surface area contributed by atoms with Crippen LogP contribution in [0.25, 0.3) is 0 Å². The van der Waals surface area contributed by atoms with Gasteiger partial charge in [0.05, 0.1) is 0 Å². The second-order valence-electron chi connectivity index (χ2n) is 3.27. The van der Waals surface area contributed by atoms with Gasteiger partial charge in [0, 0.05) is 13.6 Å². The monoisotopic (exact) mass is 268 g/mol. The molecule has 0 bridgehead atoms. The Morgan fingerprint density at radius 3 is 2.93 bits per heavy atom. The van der Waals surface area contributed by atoms with Crippen molar-refractivity contribution in [2.45, 2.75) is 6.92 Å². The van der Waals surface area contributed by atoms with Crippen molar-refractivity contribution < 1.29 is 4.79 Å². The molecule has 0 radical (unpaired) electrons. The molecule has 0 aromatic carbocycles. The number of halogens is 1. The Hall–Kier alpha value is -1.16. The number of rotatable bonds is 3. The summed E-state index contributed by atoms with van der Waals surface area (Å²) in [5.41, 5.74) is 1.35. The first-order valence-electron chi connectivity index (χ1n) is 4.55. The Balaban J connectivity index is 2.99. The number of carbonyl (C=O) groups excluding carboxylic acids is 1. The van der Waals surface area contributed by atoms with Gasteiger partial charge in [0.25, 0.3) is 5.91 Å². The van der Waals surface area contributed by atoms with Crippen LogP contribution < -0.4 is 0 Å². The van der Waals surface area contributed by atoms with E-state index >= 15 is 0 Å². The largest absolute Gasteiger partial charge is 0.337 e. The Labute approximate surface area is 97.9 Å². The molecule has 0 saturated heterocycles. The summed E-state index contributed by atoms with van der Waals surface area (Å²) < 4.78 is 0.670. The molecule has 1 heterocycles. The van der Waals surface area contributed by atoms with Crippen molar-refractivity contribution >= 4 is 21.8 Å². The topological polar surface area (TPSA) is 33.2 Å². The maximum atomic E-state index is 11.9.